The van der Waals surface area contributed by atoms with Gasteiger partial charge in [-0.1, -0.05) is 6.92 Å². The van der Waals surface area contributed by atoms with Crippen LogP contribution in [0.5, 0.6) is 0 Å². The van der Waals surface area contributed by atoms with Crippen LogP contribution in [0.2, 0.25) is 0 Å². The molecule has 0 aromatic carbocycles. The first-order valence-electron chi connectivity index (χ1n) is 6.39. The van der Waals surface area contributed by atoms with Gasteiger partial charge in [-0.25, -0.2) is 15.0 Å². The van der Waals surface area contributed by atoms with Crippen LogP contribution in [0.3, 0.4) is 0 Å². The Balaban J connectivity index is 1.97. The van der Waals surface area contributed by atoms with Crippen molar-refractivity contribution >= 4 is 23.1 Å². The zero-order valence-electron chi connectivity index (χ0n) is 11.5. The van der Waals surface area contributed by atoms with E-state index in [1.54, 1.807) is 23.7 Å². The van der Waals surface area contributed by atoms with Gasteiger partial charge in [-0.05, 0) is 6.42 Å². The first-order chi connectivity index (χ1) is 9.70. The van der Waals surface area contributed by atoms with Crippen LogP contribution < -0.4 is 5.32 Å². The summed E-state index contributed by atoms with van der Waals surface area (Å²) in [5.41, 5.74) is 2.96. The molecular formula is C13H17N5OS. The fourth-order valence-corrected chi connectivity index (χ4v) is 2.16. The fraction of sp³-hybridized carbons (Fsp3) is 0.385. The minimum atomic E-state index is -0.160. The molecule has 0 bridgehead atoms. The van der Waals surface area contributed by atoms with Crippen molar-refractivity contribution in [2.45, 2.75) is 19.9 Å². The van der Waals surface area contributed by atoms with Crippen molar-refractivity contribution in [2.24, 2.45) is 0 Å². The highest BCUT2D eigenvalue weighted by atomic mass is 32.1. The highest BCUT2D eigenvalue weighted by molar-refractivity contribution is 7.07. The molecule has 0 unspecified atom stereocenters. The van der Waals surface area contributed by atoms with Gasteiger partial charge in [0.2, 0.25) is 0 Å². The number of hydrogen-bond donors (Lipinski definition) is 1. The van der Waals surface area contributed by atoms with Crippen LogP contribution >= 0.6 is 11.3 Å². The van der Waals surface area contributed by atoms with E-state index in [2.05, 4.69) is 27.2 Å². The van der Waals surface area contributed by atoms with Crippen molar-refractivity contribution < 1.29 is 4.79 Å². The molecule has 2 aromatic rings. The molecule has 2 rings (SSSR count). The molecule has 0 saturated carbocycles. The molecule has 0 aliphatic heterocycles. The lowest BCUT2D eigenvalue weighted by molar-refractivity contribution is 0.0777. The number of carbonyl (C=O) groups excluding carboxylic acids is 1. The number of rotatable bonds is 6. The van der Waals surface area contributed by atoms with Crippen molar-refractivity contribution in [3.8, 4) is 0 Å². The summed E-state index contributed by atoms with van der Waals surface area (Å²) >= 11 is 1.51. The van der Waals surface area contributed by atoms with Gasteiger partial charge < -0.3 is 10.2 Å². The summed E-state index contributed by atoms with van der Waals surface area (Å²) < 4.78 is 0. The lowest BCUT2D eigenvalue weighted by atomic mass is 10.3. The number of nitrogens with zero attached hydrogens (tertiary/aromatic N) is 4. The molecule has 7 heteroatoms. The van der Waals surface area contributed by atoms with Gasteiger partial charge >= 0.3 is 0 Å². The molecule has 0 aliphatic rings. The summed E-state index contributed by atoms with van der Waals surface area (Å²) in [4.78, 5) is 26.2. The van der Waals surface area contributed by atoms with E-state index in [1.807, 2.05) is 5.38 Å². The largest absolute Gasteiger partial charge is 0.369 e. The molecular weight excluding hydrogens is 274 g/mol. The van der Waals surface area contributed by atoms with Crippen molar-refractivity contribution in [1.82, 2.24) is 19.9 Å². The Kier molecular flexibility index (Phi) is 5.00. The maximum absolute atomic E-state index is 12.2. The maximum Gasteiger partial charge on any atom is 0.274 e. The van der Waals surface area contributed by atoms with Gasteiger partial charge in [-0.3, -0.25) is 4.79 Å². The van der Waals surface area contributed by atoms with E-state index in [1.165, 1.54) is 17.5 Å². The molecule has 0 atom stereocenters. The molecule has 0 aliphatic carbocycles. The molecule has 2 aromatic heterocycles. The van der Waals surface area contributed by atoms with Crippen LogP contribution in [0.15, 0.2) is 23.3 Å². The van der Waals surface area contributed by atoms with E-state index in [0.717, 1.165) is 18.7 Å². The minimum Gasteiger partial charge on any atom is -0.369 e. The molecule has 6 nitrogen and oxygen atoms in total. The van der Waals surface area contributed by atoms with Crippen LogP contribution in [0, 0.1) is 0 Å². The summed E-state index contributed by atoms with van der Waals surface area (Å²) in [7, 11) is 1.73. The summed E-state index contributed by atoms with van der Waals surface area (Å²) in [6.45, 7) is 3.39. The molecule has 1 N–H and O–H groups in total. The Morgan fingerprint density at radius 3 is 2.80 bits per heavy atom. The fourth-order valence-electron chi connectivity index (χ4n) is 1.61. The normalized spacial score (nSPS) is 10.3. The number of amides is 1. The lowest BCUT2D eigenvalue weighted by Crippen LogP contribution is -2.27. The van der Waals surface area contributed by atoms with Crippen LogP contribution in [0.4, 0.5) is 5.82 Å². The standard InChI is InChI=1S/C13H17N5OS/c1-3-4-14-12-6-15-11(5-16-12)13(19)18(2)7-10-8-20-9-17-10/h5-6,8-9H,3-4,7H2,1-2H3,(H,14,16). The number of nitrogens with one attached hydrogen (secondary N) is 1. The van der Waals surface area contributed by atoms with Gasteiger partial charge in [0.25, 0.3) is 5.91 Å². The minimum absolute atomic E-state index is 0.160. The Morgan fingerprint density at radius 2 is 2.20 bits per heavy atom. The second-order valence-electron chi connectivity index (χ2n) is 4.35. The summed E-state index contributed by atoms with van der Waals surface area (Å²) in [5, 5.41) is 5.04. The SMILES string of the molecule is CCCNc1cnc(C(=O)N(C)Cc2cscn2)cn1. The average molecular weight is 291 g/mol. The summed E-state index contributed by atoms with van der Waals surface area (Å²) in [6.07, 6.45) is 4.09. The lowest BCUT2D eigenvalue weighted by Gasteiger charge is -2.15. The number of anilines is 1. The summed E-state index contributed by atoms with van der Waals surface area (Å²) in [6, 6.07) is 0. The third-order valence-electron chi connectivity index (χ3n) is 2.66. The molecule has 0 radical (unpaired) electrons. The average Bonchev–Trinajstić information content (AvgIpc) is 2.97. The highest BCUT2D eigenvalue weighted by Gasteiger charge is 2.14. The zero-order chi connectivity index (χ0) is 14.4. The Morgan fingerprint density at radius 1 is 1.35 bits per heavy atom. The van der Waals surface area contributed by atoms with Gasteiger partial charge in [0, 0.05) is 19.0 Å². The number of carbonyl (C=O) groups is 1. The Hall–Kier alpha value is -2.02. The van der Waals surface area contributed by atoms with Crippen LogP contribution in [0.1, 0.15) is 29.5 Å². The van der Waals surface area contributed by atoms with Gasteiger partial charge in [0.1, 0.15) is 11.5 Å². The second-order valence-corrected chi connectivity index (χ2v) is 5.07. The van der Waals surface area contributed by atoms with Crippen LogP contribution in [-0.4, -0.2) is 39.4 Å². The second kappa shape index (κ2) is 6.95. The van der Waals surface area contributed by atoms with E-state index in [4.69, 9.17) is 0 Å². The third-order valence-corrected chi connectivity index (χ3v) is 3.29. The number of hydrogen-bond acceptors (Lipinski definition) is 6. The van der Waals surface area contributed by atoms with E-state index >= 15 is 0 Å². The van der Waals surface area contributed by atoms with Gasteiger partial charge in [-0.2, -0.15) is 0 Å². The predicted octanol–water partition coefficient (Wildman–Crippen LogP) is 2.03. The quantitative estimate of drug-likeness (QED) is 0.881. The molecule has 0 spiro atoms. The van der Waals surface area contributed by atoms with E-state index in [0.29, 0.717) is 18.1 Å². The zero-order valence-corrected chi connectivity index (χ0v) is 12.4. The first-order valence-corrected chi connectivity index (χ1v) is 7.33. The van der Waals surface area contributed by atoms with Gasteiger partial charge in [-0.15, -0.1) is 11.3 Å². The smallest absolute Gasteiger partial charge is 0.274 e. The molecule has 2 heterocycles. The van der Waals surface area contributed by atoms with Gasteiger partial charge in [0.05, 0.1) is 30.1 Å². The topological polar surface area (TPSA) is 71.0 Å². The van der Waals surface area contributed by atoms with Crippen molar-refractivity contribution in [3.63, 3.8) is 0 Å². The number of aromatic nitrogens is 3. The van der Waals surface area contributed by atoms with Crippen LogP contribution in [0.25, 0.3) is 0 Å². The Bertz CT molecular complexity index is 540. The van der Waals surface area contributed by atoms with Gasteiger partial charge in [0.15, 0.2) is 0 Å². The monoisotopic (exact) mass is 291 g/mol. The predicted molar refractivity (Wildman–Crippen MR) is 78.7 cm³/mol. The van der Waals surface area contributed by atoms with E-state index in [-0.39, 0.29) is 5.91 Å². The summed E-state index contributed by atoms with van der Waals surface area (Å²) in [5.74, 6) is 0.526. The van der Waals surface area contributed by atoms with E-state index in [9.17, 15) is 4.79 Å². The Labute approximate surface area is 121 Å². The van der Waals surface area contributed by atoms with E-state index < -0.39 is 0 Å². The van der Waals surface area contributed by atoms with Crippen molar-refractivity contribution in [3.05, 3.63) is 34.7 Å². The molecule has 106 valence electrons. The van der Waals surface area contributed by atoms with Crippen LogP contribution in [-0.2, 0) is 6.54 Å². The molecule has 1 amide bonds. The van der Waals surface area contributed by atoms with Crippen molar-refractivity contribution in [1.29, 1.82) is 0 Å². The molecule has 0 saturated heterocycles. The molecule has 20 heavy (non-hydrogen) atoms. The first kappa shape index (κ1) is 14.4. The van der Waals surface area contributed by atoms with Crippen molar-refractivity contribution in [2.75, 3.05) is 18.9 Å². The molecule has 0 fully saturated rings. The third kappa shape index (κ3) is 3.74. The highest BCUT2D eigenvalue weighted by Crippen LogP contribution is 2.08. The number of thiazole rings is 1. The maximum atomic E-state index is 12.2.